The lowest BCUT2D eigenvalue weighted by molar-refractivity contribution is 0.195. The summed E-state index contributed by atoms with van der Waals surface area (Å²) in [5.41, 5.74) is 1.55. The van der Waals surface area contributed by atoms with Crippen molar-refractivity contribution in [2.45, 2.75) is 19.8 Å². The molecule has 0 bridgehead atoms. The summed E-state index contributed by atoms with van der Waals surface area (Å²) in [6, 6.07) is 0. The third-order valence-electron chi connectivity index (χ3n) is 2.63. The Hall–Kier alpha value is -1.54. The van der Waals surface area contributed by atoms with E-state index >= 15 is 0 Å². The van der Waals surface area contributed by atoms with Crippen LogP contribution in [0.15, 0.2) is 6.20 Å². The highest BCUT2D eigenvalue weighted by molar-refractivity contribution is 7.46. The number of nitrogens with one attached hydrogen (secondary N) is 1. The van der Waals surface area contributed by atoms with Crippen molar-refractivity contribution in [3.05, 3.63) is 17.6 Å². The number of hydrogen-bond donors (Lipinski definition) is 3. The molecule has 9 nitrogen and oxygen atoms in total. The fourth-order valence-electron chi connectivity index (χ4n) is 1.81. The van der Waals surface area contributed by atoms with Crippen molar-refractivity contribution < 1.29 is 18.9 Å². The fourth-order valence-corrected chi connectivity index (χ4v) is 2.18. The molecule has 0 atom stereocenters. The van der Waals surface area contributed by atoms with E-state index in [1.54, 1.807) is 24.7 Å². The number of rotatable bonds is 6. The van der Waals surface area contributed by atoms with E-state index in [0.717, 1.165) is 5.56 Å². The minimum atomic E-state index is -4.40. The number of phosphoric acid groups is 1. The molecule has 0 spiro atoms. The predicted octanol–water partition coefficient (Wildman–Crippen LogP) is 0.516. The highest BCUT2D eigenvalue weighted by atomic mass is 31.2. The van der Waals surface area contributed by atoms with E-state index in [2.05, 4.69) is 24.9 Å². The van der Waals surface area contributed by atoms with Gasteiger partial charge in [-0.1, -0.05) is 0 Å². The Labute approximate surface area is 115 Å². The summed E-state index contributed by atoms with van der Waals surface area (Å²) < 4.78 is 16.6. The molecule has 0 saturated carbocycles. The molecule has 0 saturated heterocycles. The molecule has 0 aliphatic rings. The van der Waals surface area contributed by atoms with Gasteiger partial charge in [-0.15, -0.1) is 0 Å². The van der Waals surface area contributed by atoms with Gasteiger partial charge in [0, 0.05) is 12.6 Å². The molecule has 0 aromatic carbocycles. The Kier molecular flexibility index (Phi) is 4.34. The van der Waals surface area contributed by atoms with Crippen LogP contribution in [-0.2, 0) is 15.5 Å². The number of hydrogen-bond acceptors (Lipinski definition) is 6. The van der Waals surface area contributed by atoms with Crippen LogP contribution in [0, 0.1) is 6.92 Å². The lowest BCUT2D eigenvalue weighted by Gasteiger charge is -2.05. The van der Waals surface area contributed by atoms with Gasteiger partial charge in [0.1, 0.15) is 5.82 Å². The molecule has 10 heteroatoms. The molecule has 0 unspecified atom stereocenters. The Morgan fingerprint density at radius 1 is 1.45 bits per heavy atom. The summed E-state index contributed by atoms with van der Waals surface area (Å²) in [7, 11) is -2.65. The second-order valence-electron chi connectivity index (χ2n) is 4.18. The summed E-state index contributed by atoms with van der Waals surface area (Å²) in [4.78, 5) is 25.7. The van der Waals surface area contributed by atoms with Gasteiger partial charge in [0.2, 0.25) is 5.95 Å². The molecule has 0 amide bonds. The lowest BCUT2D eigenvalue weighted by Crippen LogP contribution is -2.06. The molecular weight excluding hydrogens is 285 g/mol. The molecule has 3 N–H and O–H groups in total. The van der Waals surface area contributed by atoms with Crippen molar-refractivity contribution in [1.29, 1.82) is 0 Å². The predicted molar refractivity (Wildman–Crippen MR) is 71.4 cm³/mol. The molecular formula is C10H16N5O4P. The average molecular weight is 301 g/mol. The average Bonchev–Trinajstić information content (AvgIpc) is 2.75. The normalized spacial score (nSPS) is 12.0. The fraction of sp³-hybridized carbons (Fsp3) is 0.500. The Balaban J connectivity index is 2.11. The maximum atomic E-state index is 10.6. The third kappa shape index (κ3) is 3.51. The molecule has 0 aliphatic carbocycles. The number of nitrogens with zero attached hydrogens (tertiary/aromatic N) is 4. The van der Waals surface area contributed by atoms with Crippen LogP contribution in [0.4, 0.5) is 5.95 Å². The zero-order valence-corrected chi connectivity index (χ0v) is 12.0. The van der Waals surface area contributed by atoms with Gasteiger partial charge in [-0.25, -0.2) is 9.55 Å². The van der Waals surface area contributed by atoms with E-state index in [-0.39, 0.29) is 6.61 Å². The van der Waals surface area contributed by atoms with Crippen LogP contribution in [0.25, 0.3) is 5.65 Å². The maximum Gasteiger partial charge on any atom is 0.469 e. The Morgan fingerprint density at radius 2 is 2.20 bits per heavy atom. The minimum Gasteiger partial charge on any atom is -0.357 e. The van der Waals surface area contributed by atoms with E-state index < -0.39 is 7.82 Å². The quantitative estimate of drug-likeness (QED) is 0.521. The van der Waals surface area contributed by atoms with Crippen LogP contribution < -0.4 is 5.32 Å². The van der Waals surface area contributed by atoms with Crippen LogP contribution in [0.5, 0.6) is 0 Å². The van der Waals surface area contributed by atoms with Crippen LogP contribution in [0.3, 0.4) is 0 Å². The SMILES string of the molecule is CNc1nc(C)nc2c(CCCOP(=O)(O)O)cnn12. The summed E-state index contributed by atoms with van der Waals surface area (Å²) in [5.74, 6) is 1.21. The van der Waals surface area contributed by atoms with Gasteiger partial charge < -0.3 is 15.1 Å². The van der Waals surface area contributed by atoms with Crippen molar-refractivity contribution in [1.82, 2.24) is 19.6 Å². The summed E-state index contributed by atoms with van der Waals surface area (Å²) in [6.07, 6.45) is 2.69. The van der Waals surface area contributed by atoms with Gasteiger partial charge in [0.15, 0.2) is 5.65 Å². The van der Waals surface area contributed by atoms with Gasteiger partial charge in [0.05, 0.1) is 12.8 Å². The first-order valence-electron chi connectivity index (χ1n) is 6.00. The first kappa shape index (κ1) is 14.9. The number of anilines is 1. The van der Waals surface area contributed by atoms with E-state index in [1.807, 2.05) is 0 Å². The Bertz CT molecular complexity index is 652. The summed E-state index contributed by atoms with van der Waals surface area (Å²) >= 11 is 0. The smallest absolute Gasteiger partial charge is 0.357 e. The van der Waals surface area contributed by atoms with Crippen molar-refractivity contribution >= 4 is 19.4 Å². The van der Waals surface area contributed by atoms with Gasteiger partial charge in [0.25, 0.3) is 0 Å². The Morgan fingerprint density at radius 3 is 2.85 bits per heavy atom. The molecule has 0 radical (unpaired) electrons. The van der Waals surface area contributed by atoms with E-state index in [4.69, 9.17) is 9.79 Å². The van der Waals surface area contributed by atoms with Gasteiger partial charge in [-0.3, -0.25) is 4.52 Å². The number of fused-ring (bicyclic) bond motifs is 1. The molecule has 2 aromatic heterocycles. The second kappa shape index (κ2) is 5.84. The standard InChI is InChI=1S/C10H16N5O4P/c1-7-13-9-8(4-3-5-19-20(16,17)18)6-12-15(9)10(11-2)14-7/h6H,3-5H2,1-2H3,(H,11,13,14)(H2,16,17,18). The van der Waals surface area contributed by atoms with Crippen molar-refractivity contribution in [3.8, 4) is 0 Å². The van der Waals surface area contributed by atoms with Gasteiger partial charge in [-0.05, 0) is 19.8 Å². The topological polar surface area (TPSA) is 122 Å². The largest absolute Gasteiger partial charge is 0.469 e. The van der Waals surface area contributed by atoms with Crippen molar-refractivity contribution in [2.75, 3.05) is 19.0 Å². The molecule has 110 valence electrons. The highest BCUT2D eigenvalue weighted by Gasteiger charge is 2.14. The van der Waals surface area contributed by atoms with Crippen molar-refractivity contribution in [3.63, 3.8) is 0 Å². The first-order valence-corrected chi connectivity index (χ1v) is 7.53. The third-order valence-corrected chi connectivity index (χ3v) is 3.15. The lowest BCUT2D eigenvalue weighted by atomic mass is 10.2. The first-order chi connectivity index (χ1) is 9.40. The molecule has 0 aliphatic heterocycles. The number of aromatic nitrogens is 4. The number of aryl methyl sites for hydroxylation is 2. The van der Waals surface area contributed by atoms with E-state index in [9.17, 15) is 4.57 Å². The molecule has 2 heterocycles. The van der Waals surface area contributed by atoms with E-state index in [1.165, 1.54) is 0 Å². The summed E-state index contributed by atoms with van der Waals surface area (Å²) in [6.45, 7) is 1.76. The van der Waals surface area contributed by atoms with Gasteiger partial charge >= 0.3 is 7.82 Å². The highest BCUT2D eigenvalue weighted by Crippen LogP contribution is 2.35. The number of phosphoric ester groups is 1. The maximum absolute atomic E-state index is 10.6. The molecule has 2 aromatic rings. The van der Waals surface area contributed by atoms with Crippen LogP contribution in [-0.4, -0.2) is 43.0 Å². The zero-order chi connectivity index (χ0) is 14.8. The van der Waals surface area contributed by atoms with Crippen molar-refractivity contribution in [2.24, 2.45) is 0 Å². The zero-order valence-electron chi connectivity index (χ0n) is 11.1. The molecule has 2 rings (SSSR count). The van der Waals surface area contributed by atoms with Gasteiger partial charge in [-0.2, -0.15) is 14.6 Å². The summed E-state index contributed by atoms with van der Waals surface area (Å²) in [5, 5.41) is 7.13. The molecule has 0 fully saturated rings. The minimum absolute atomic E-state index is 0.0232. The molecule has 20 heavy (non-hydrogen) atoms. The van der Waals surface area contributed by atoms with Crippen LogP contribution in [0.1, 0.15) is 17.8 Å². The monoisotopic (exact) mass is 301 g/mol. The second-order valence-corrected chi connectivity index (χ2v) is 5.42. The van der Waals surface area contributed by atoms with Crippen LogP contribution in [0.2, 0.25) is 0 Å². The van der Waals surface area contributed by atoms with Crippen LogP contribution >= 0.6 is 7.82 Å². The van der Waals surface area contributed by atoms with E-state index in [0.29, 0.717) is 30.3 Å².